The lowest BCUT2D eigenvalue weighted by Crippen LogP contribution is -2.32. The zero-order chi connectivity index (χ0) is 18.5. The minimum Gasteiger partial charge on any atom is -0.423 e. The number of esters is 1. The van der Waals surface area contributed by atoms with E-state index in [0.29, 0.717) is 28.8 Å². The van der Waals surface area contributed by atoms with Crippen LogP contribution in [-0.2, 0) is 9.59 Å². The number of benzene rings is 2. The second kappa shape index (κ2) is 6.05. The van der Waals surface area contributed by atoms with Gasteiger partial charge >= 0.3 is 5.97 Å². The highest BCUT2D eigenvalue weighted by atomic mass is 16.5. The molecular weight excluding hydrogens is 342 g/mol. The average molecular weight is 361 g/mol. The van der Waals surface area contributed by atoms with Crippen molar-refractivity contribution in [3.8, 4) is 5.75 Å². The average Bonchev–Trinajstić information content (AvgIpc) is 3.36. The lowest BCUT2D eigenvalue weighted by atomic mass is 9.81. The SMILES string of the molecule is O=C(Oc1cccc(N2C(=O)[C@H]3[C@@H]4CC[C@@H](C4)[C@@H]3C2=O)c1)c1ccccc1. The fourth-order valence-corrected chi connectivity index (χ4v) is 5.09. The summed E-state index contributed by atoms with van der Waals surface area (Å²) in [5.41, 5.74) is 0.930. The molecule has 136 valence electrons. The lowest BCUT2D eigenvalue weighted by molar-refractivity contribution is -0.123. The summed E-state index contributed by atoms with van der Waals surface area (Å²) < 4.78 is 5.43. The Bertz CT molecular complexity index is 910. The molecule has 2 saturated carbocycles. The molecule has 1 saturated heterocycles. The molecule has 0 spiro atoms. The highest BCUT2D eigenvalue weighted by molar-refractivity contribution is 6.22. The van der Waals surface area contributed by atoms with Gasteiger partial charge in [0.2, 0.25) is 11.8 Å². The summed E-state index contributed by atoms with van der Waals surface area (Å²) in [6.07, 6.45) is 3.11. The first-order valence-electron chi connectivity index (χ1n) is 9.38. The van der Waals surface area contributed by atoms with E-state index < -0.39 is 5.97 Å². The Morgan fingerprint density at radius 1 is 0.889 bits per heavy atom. The van der Waals surface area contributed by atoms with Crippen LogP contribution in [0.4, 0.5) is 5.69 Å². The molecular formula is C22H19NO4. The predicted octanol–water partition coefficient (Wildman–Crippen LogP) is 3.44. The number of rotatable bonds is 3. The van der Waals surface area contributed by atoms with Crippen molar-refractivity contribution in [2.75, 3.05) is 4.90 Å². The third-order valence-electron chi connectivity index (χ3n) is 6.22. The minimum absolute atomic E-state index is 0.0938. The van der Waals surface area contributed by atoms with Crippen molar-refractivity contribution in [1.29, 1.82) is 0 Å². The molecule has 2 aromatic carbocycles. The number of carbonyl (C=O) groups excluding carboxylic acids is 3. The van der Waals surface area contributed by atoms with Crippen molar-refractivity contribution < 1.29 is 19.1 Å². The second-order valence-corrected chi connectivity index (χ2v) is 7.65. The van der Waals surface area contributed by atoms with E-state index in [-0.39, 0.29) is 23.7 Å². The van der Waals surface area contributed by atoms with Gasteiger partial charge in [0, 0.05) is 6.07 Å². The Kier molecular flexibility index (Phi) is 3.64. The second-order valence-electron chi connectivity index (χ2n) is 7.65. The van der Waals surface area contributed by atoms with Crippen LogP contribution in [0.15, 0.2) is 54.6 Å². The molecule has 1 aliphatic heterocycles. The van der Waals surface area contributed by atoms with Crippen LogP contribution in [0, 0.1) is 23.7 Å². The van der Waals surface area contributed by atoms with Crippen LogP contribution in [0.3, 0.4) is 0 Å². The third-order valence-corrected chi connectivity index (χ3v) is 6.22. The van der Waals surface area contributed by atoms with Crippen molar-refractivity contribution in [2.45, 2.75) is 19.3 Å². The van der Waals surface area contributed by atoms with Crippen molar-refractivity contribution in [1.82, 2.24) is 0 Å². The van der Waals surface area contributed by atoms with Gasteiger partial charge in [-0.15, -0.1) is 0 Å². The lowest BCUT2D eigenvalue weighted by Gasteiger charge is -2.19. The van der Waals surface area contributed by atoms with E-state index in [9.17, 15) is 14.4 Å². The molecule has 0 radical (unpaired) electrons. The number of hydrogen-bond donors (Lipinski definition) is 0. The summed E-state index contributed by atoms with van der Waals surface area (Å²) in [4.78, 5) is 39.4. The van der Waals surface area contributed by atoms with Crippen molar-refractivity contribution in [3.63, 3.8) is 0 Å². The van der Waals surface area contributed by atoms with Crippen LogP contribution in [-0.4, -0.2) is 17.8 Å². The Morgan fingerprint density at radius 3 is 2.22 bits per heavy atom. The van der Waals surface area contributed by atoms with Crippen molar-refractivity contribution in [2.24, 2.45) is 23.7 Å². The first kappa shape index (κ1) is 16.2. The number of amides is 2. The van der Waals surface area contributed by atoms with Crippen LogP contribution in [0.2, 0.25) is 0 Å². The fourth-order valence-electron chi connectivity index (χ4n) is 5.09. The van der Waals surface area contributed by atoms with Gasteiger partial charge in [-0.2, -0.15) is 0 Å². The molecule has 3 fully saturated rings. The molecule has 4 atom stereocenters. The molecule has 0 aromatic heterocycles. The third kappa shape index (κ3) is 2.49. The molecule has 27 heavy (non-hydrogen) atoms. The predicted molar refractivity (Wildman–Crippen MR) is 98.1 cm³/mol. The van der Waals surface area contributed by atoms with Crippen LogP contribution >= 0.6 is 0 Å². The summed E-state index contributed by atoms with van der Waals surface area (Å²) in [6.45, 7) is 0. The van der Waals surface area contributed by atoms with Crippen molar-refractivity contribution >= 4 is 23.5 Å². The van der Waals surface area contributed by atoms with E-state index in [1.807, 2.05) is 6.07 Å². The van der Waals surface area contributed by atoms with E-state index in [0.717, 1.165) is 19.3 Å². The minimum atomic E-state index is -0.471. The smallest absolute Gasteiger partial charge is 0.343 e. The van der Waals surface area contributed by atoms with E-state index in [2.05, 4.69) is 0 Å². The van der Waals surface area contributed by atoms with Gasteiger partial charge in [-0.3, -0.25) is 9.59 Å². The number of imide groups is 1. The molecule has 3 aliphatic rings. The molecule has 5 rings (SSSR count). The topological polar surface area (TPSA) is 63.7 Å². The molecule has 2 bridgehead atoms. The Morgan fingerprint density at radius 2 is 1.56 bits per heavy atom. The van der Waals surface area contributed by atoms with E-state index >= 15 is 0 Å². The zero-order valence-electron chi connectivity index (χ0n) is 14.7. The quantitative estimate of drug-likeness (QED) is 0.477. The highest BCUT2D eigenvalue weighted by Crippen LogP contribution is 2.56. The first-order valence-corrected chi connectivity index (χ1v) is 9.38. The Labute approximate surface area is 156 Å². The number of ether oxygens (including phenoxy) is 1. The van der Waals surface area contributed by atoms with Crippen LogP contribution in [0.5, 0.6) is 5.75 Å². The van der Waals surface area contributed by atoms with Gasteiger partial charge < -0.3 is 4.74 Å². The van der Waals surface area contributed by atoms with Gasteiger partial charge in [0.25, 0.3) is 0 Å². The van der Waals surface area contributed by atoms with E-state index in [1.54, 1.807) is 48.5 Å². The van der Waals surface area contributed by atoms with E-state index in [4.69, 9.17) is 4.74 Å². The molecule has 1 heterocycles. The maximum atomic E-state index is 12.9. The highest BCUT2D eigenvalue weighted by Gasteiger charge is 2.61. The van der Waals surface area contributed by atoms with Gasteiger partial charge in [0.05, 0.1) is 23.1 Å². The van der Waals surface area contributed by atoms with Gasteiger partial charge in [0.15, 0.2) is 0 Å². The molecule has 5 nitrogen and oxygen atoms in total. The van der Waals surface area contributed by atoms with Crippen LogP contribution in [0.1, 0.15) is 29.6 Å². The summed E-state index contributed by atoms with van der Waals surface area (Å²) >= 11 is 0. The van der Waals surface area contributed by atoms with Gasteiger partial charge in [-0.05, 0) is 55.4 Å². The number of carbonyl (C=O) groups is 3. The van der Waals surface area contributed by atoms with Gasteiger partial charge in [0.1, 0.15) is 5.75 Å². The number of fused-ring (bicyclic) bond motifs is 5. The molecule has 2 aliphatic carbocycles. The van der Waals surface area contributed by atoms with Gasteiger partial charge in [-0.1, -0.05) is 24.3 Å². The largest absolute Gasteiger partial charge is 0.423 e. The molecule has 2 amide bonds. The molecule has 0 N–H and O–H groups in total. The van der Waals surface area contributed by atoms with Gasteiger partial charge in [-0.25, -0.2) is 9.69 Å². The van der Waals surface area contributed by atoms with Crippen LogP contribution < -0.4 is 9.64 Å². The first-order chi connectivity index (χ1) is 13.1. The summed E-state index contributed by atoms with van der Waals surface area (Å²) in [7, 11) is 0. The monoisotopic (exact) mass is 361 g/mol. The Balaban J connectivity index is 1.40. The standard InChI is InChI=1S/C22H19NO4/c24-20-18-14-9-10-15(11-14)19(18)21(25)23(20)16-7-4-8-17(12-16)27-22(26)13-5-2-1-3-6-13/h1-8,12,14-15,18-19H,9-11H2/t14-,15+,18-,19-/m0/s1. The number of nitrogens with zero attached hydrogens (tertiary/aromatic N) is 1. The van der Waals surface area contributed by atoms with Crippen molar-refractivity contribution in [3.05, 3.63) is 60.2 Å². The molecule has 2 aromatic rings. The van der Waals surface area contributed by atoms with Crippen LogP contribution in [0.25, 0.3) is 0 Å². The number of anilines is 1. The Hall–Kier alpha value is -2.95. The molecule has 5 heteroatoms. The summed E-state index contributed by atoms with van der Waals surface area (Å²) in [6, 6.07) is 15.4. The zero-order valence-corrected chi connectivity index (χ0v) is 14.7. The normalized spacial score (nSPS) is 28.5. The van der Waals surface area contributed by atoms with E-state index in [1.165, 1.54) is 4.90 Å². The fraction of sp³-hybridized carbons (Fsp3) is 0.318. The molecule has 0 unspecified atom stereocenters. The number of hydrogen-bond acceptors (Lipinski definition) is 4. The maximum absolute atomic E-state index is 12.9. The maximum Gasteiger partial charge on any atom is 0.343 e. The summed E-state index contributed by atoms with van der Waals surface area (Å²) in [5, 5.41) is 0. The summed E-state index contributed by atoms with van der Waals surface area (Å²) in [5.74, 6) is 0.0378.